The van der Waals surface area contributed by atoms with Crippen LogP contribution in [0.5, 0.6) is 11.5 Å². The Kier molecular flexibility index (Phi) is 4.69. The number of ketones is 1. The molecule has 0 unspecified atom stereocenters. The molecule has 1 fully saturated rings. The molecule has 1 saturated carbocycles. The van der Waals surface area contributed by atoms with Crippen LogP contribution in [-0.2, 0) is 0 Å². The maximum Gasteiger partial charge on any atom is 0.362 e. The molecule has 142 valence electrons. The van der Waals surface area contributed by atoms with E-state index in [1.165, 1.54) is 14.0 Å². The third-order valence-corrected chi connectivity index (χ3v) is 4.71. The van der Waals surface area contributed by atoms with Crippen molar-refractivity contribution in [1.82, 2.24) is 9.78 Å². The van der Waals surface area contributed by atoms with E-state index in [-0.39, 0.29) is 11.5 Å². The fraction of sp³-hybridized carbons (Fsp3) is 0.227. The maximum absolute atomic E-state index is 12.9. The molecule has 0 spiro atoms. The SMILES string of the molecule is COc1cc(C(C)=O)ccc1OC(=O)c1cc(C2CC2)nn1-c1ccccc1. The molecule has 0 amide bonds. The summed E-state index contributed by atoms with van der Waals surface area (Å²) in [6, 6.07) is 16.0. The van der Waals surface area contributed by atoms with Gasteiger partial charge in [0.1, 0.15) is 0 Å². The lowest BCUT2D eigenvalue weighted by Crippen LogP contribution is -2.15. The Balaban J connectivity index is 1.68. The second-order valence-corrected chi connectivity index (χ2v) is 6.79. The number of esters is 1. The summed E-state index contributed by atoms with van der Waals surface area (Å²) in [5.74, 6) is 0.367. The minimum Gasteiger partial charge on any atom is -0.493 e. The number of benzene rings is 2. The highest BCUT2D eigenvalue weighted by molar-refractivity contribution is 5.95. The van der Waals surface area contributed by atoms with E-state index in [4.69, 9.17) is 9.47 Å². The van der Waals surface area contributed by atoms with Crippen LogP contribution in [0.3, 0.4) is 0 Å². The molecular formula is C22H20N2O4. The van der Waals surface area contributed by atoms with Crippen molar-refractivity contribution in [3.8, 4) is 17.2 Å². The Morgan fingerprint density at radius 1 is 1.04 bits per heavy atom. The minimum absolute atomic E-state index is 0.0904. The molecule has 1 aliphatic rings. The molecule has 6 heteroatoms. The monoisotopic (exact) mass is 376 g/mol. The summed E-state index contributed by atoms with van der Waals surface area (Å²) >= 11 is 0. The molecular weight excluding hydrogens is 356 g/mol. The van der Waals surface area contributed by atoms with Crippen LogP contribution in [-0.4, -0.2) is 28.6 Å². The molecule has 3 aromatic rings. The number of carbonyl (C=O) groups is 2. The lowest BCUT2D eigenvalue weighted by Gasteiger charge is -2.11. The number of aromatic nitrogens is 2. The van der Waals surface area contributed by atoms with Gasteiger partial charge in [-0.25, -0.2) is 9.48 Å². The van der Waals surface area contributed by atoms with E-state index in [0.29, 0.717) is 22.9 Å². The predicted molar refractivity (Wildman–Crippen MR) is 103 cm³/mol. The Bertz CT molecular complexity index is 1040. The standard InChI is InChI=1S/C22H20N2O4/c1-14(25)16-10-11-20(21(12-16)27-2)28-22(26)19-13-18(15-8-9-15)23-24(19)17-6-4-3-5-7-17/h3-7,10-13,15H,8-9H2,1-2H3. The number of rotatable bonds is 6. The van der Waals surface area contributed by atoms with E-state index in [2.05, 4.69) is 5.10 Å². The van der Waals surface area contributed by atoms with Crippen LogP contribution in [0.1, 0.15) is 52.2 Å². The average molecular weight is 376 g/mol. The molecule has 0 N–H and O–H groups in total. The van der Waals surface area contributed by atoms with Crippen molar-refractivity contribution < 1.29 is 19.1 Å². The first-order chi connectivity index (χ1) is 13.6. The van der Waals surface area contributed by atoms with Crippen LogP contribution >= 0.6 is 0 Å². The van der Waals surface area contributed by atoms with Gasteiger partial charge in [-0.15, -0.1) is 0 Å². The Hall–Kier alpha value is -3.41. The zero-order valence-corrected chi connectivity index (χ0v) is 15.7. The van der Waals surface area contributed by atoms with Gasteiger partial charge in [0.2, 0.25) is 0 Å². The fourth-order valence-corrected chi connectivity index (χ4v) is 3.01. The largest absolute Gasteiger partial charge is 0.493 e. The van der Waals surface area contributed by atoms with Crippen molar-refractivity contribution in [3.05, 3.63) is 71.5 Å². The van der Waals surface area contributed by atoms with Gasteiger partial charge in [0, 0.05) is 11.5 Å². The van der Waals surface area contributed by atoms with E-state index in [1.54, 1.807) is 28.9 Å². The first-order valence-corrected chi connectivity index (χ1v) is 9.13. The van der Waals surface area contributed by atoms with Gasteiger partial charge in [-0.05, 0) is 56.2 Å². The van der Waals surface area contributed by atoms with E-state index < -0.39 is 5.97 Å². The summed E-state index contributed by atoms with van der Waals surface area (Å²) in [5.41, 5.74) is 2.53. The molecule has 6 nitrogen and oxygen atoms in total. The molecule has 4 rings (SSSR count). The number of methoxy groups -OCH3 is 1. The van der Waals surface area contributed by atoms with Gasteiger partial charge in [-0.3, -0.25) is 4.79 Å². The number of Topliss-reactive ketones (excluding diaryl/α,β-unsaturated/α-hetero) is 1. The summed E-state index contributed by atoms with van der Waals surface area (Å²) < 4.78 is 12.5. The third kappa shape index (κ3) is 3.53. The molecule has 2 aromatic carbocycles. The molecule has 1 aromatic heterocycles. The van der Waals surface area contributed by atoms with Gasteiger partial charge in [0.15, 0.2) is 23.0 Å². The highest BCUT2D eigenvalue weighted by atomic mass is 16.6. The van der Waals surface area contributed by atoms with Crippen molar-refractivity contribution in [2.24, 2.45) is 0 Å². The lowest BCUT2D eigenvalue weighted by atomic mass is 10.1. The maximum atomic E-state index is 12.9. The summed E-state index contributed by atoms with van der Waals surface area (Å²) in [5, 5.41) is 4.62. The molecule has 0 radical (unpaired) electrons. The van der Waals surface area contributed by atoms with Crippen molar-refractivity contribution in [1.29, 1.82) is 0 Å². The van der Waals surface area contributed by atoms with Crippen LogP contribution in [0.4, 0.5) is 0 Å². The van der Waals surface area contributed by atoms with Gasteiger partial charge >= 0.3 is 5.97 Å². The van der Waals surface area contributed by atoms with Gasteiger partial charge in [0.05, 0.1) is 18.5 Å². The second kappa shape index (κ2) is 7.31. The Labute approximate surface area is 162 Å². The highest BCUT2D eigenvalue weighted by Gasteiger charge is 2.30. The smallest absolute Gasteiger partial charge is 0.362 e. The quantitative estimate of drug-likeness (QED) is 0.367. The molecule has 0 bridgehead atoms. The van der Waals surface area contributed by atoms with Crippen LogP contribution in [0, 0.1) is 0 Å². The van der Waals surface area contributed by atoms with Crippen LogP contribution in [0.25, 0.3) is 5.69 Å². The fourth-order valence-electron chi connectivity index (χ4n) is 3.01. The molecule has 1 aliphatic carbocycles. The Morgan fingerprint density at radius 3 is 2.43 bits per heavy atom. The van der Waals surface area contributed by atoms with Crippen LogP contribution in [0.2, 0.25) is 0 Å². The van der Waals surface area contributed by atoms with Crippen molar-refractivity contribution in [3.63, 3.8) is 0 Å². The van der Waals surface area contributed by atoms with Gasteiger partial charge in [-0.2, -0.15) is 5.10 Å². The summed E-state index contributed by atoms with van der Waals surface area (Å²) in [7, 11) is 1.47. The molecule has 1 heterocycles. The van der Waals surface area contributed by atoms with Crippen LogP contribution in [0.15, 0.2) is 54.6 Å². The number of hydrogen-bond acceptors (Lipinski definition) is 5. The molecule has 0 atom stereocenters. The first-order valence-electron chi connectivity index (χ1n) is 9.13. The Morgan fingerprint density at radius 2 is 1.79 bits per heavy atom. The summed E-state index contributed by atoms with van der Waals surface area (Å²) in [6.45, 7) is 1.47. The predicted octanol–water partition coefficient (Wildman–Crippen LogP) is 4.18. The van der Waals surface area contributed by atoms with Crippen molar-refractivity contribution in [2.45, 2.75) is 25.7 Å². The van der Waals surface area contributed by atoms with E-state index in [9.17, 15) is 9.59 Å². The highest BCUT2D eigenvalue weighted by Crippen LogP contribution is 2.40. The minimum atomic E-state index is -0.530. The second-order valence-electron chi connectivity index (χ2n) is 6.79. The summed E-state index contributed by atoms with van der Waals surface area (Å²) in [4.78, 5) is 24.5. The summed E-state index contributed by atoms with van der Waals surface area (Å²) in [6.07, 6.45) is 2.17. The number of para-hydroxylation sites is 1. The normalized spacial score (nSPS) is 13.2. The zero-order chi connectivity index (χ0) is 19.7. The number of carbonyl (C=O) groups excluding carboxylic acids is 2. The van der Waals surface area contributed by atoms with Crippen molar-refractivity contribution in [2.75, 3.05) is 7.11 Å². The molecule has 0 aliphatic heterocycles. The van der Waals surface area contributed by atoms with Gasteiger partial charge in [-0.1, -0.05) is 18.2 Å². The first kappa shape index (κ1) is 18.0. The lowest BCUT2D eigenvalue weighted by molar-refractivity contribution is 0.0720. The number of ether oxygens (including phenoxy) is 2. The van der Waals surface area contributed by atoms with E-state index in [1.807, 2.05) is 30.3 Å². The number of nitrogens with zero attached hydrogens (tertiary/aromatic N) is 2. The molecule has 28 heavy (non-hydrogen) atoms. The van der Waals surface area contributed by atoms with E-state index in [0.717, 1.165) is 24.2 Å². The number of hydrogen-bond donors (Lipinski definition) is 0. The topological polar surface area (TPSA) is 70.4 Å². The van der Waals surface area contributed by atoms with Crippen LogP contribution < -0.4 is 9.47 Å². The van der Waals surface area contributed by atoms with Crippen molar-refractivity contribution >= 4 is 11.8 Å². The zero-order valence-electron chi connectivity index (χ0n) is 15.7. The van der Waals surface area contributed by atoms with E-state index >= 15 is 0 Å². The van der Waals surface area contributed by atoms with Gasteiger partial charge in [0.25, 0.3) is 0 Å². The van der Waals surface area contributed by atoms with Gasteiger partial charge < -0.3 is 9.47 Å². The average Bonchev–Trinajstić information content (AvgIpc) is 3.47. The third-order valence-electron chi connectivity index (χ3n) is 4.71. The molecule has 0 saturated heterocycles.